The summed E-state index contributed by atoms with van der Waals surface area (Å²) in [5.41, 5.74) is 0. The first-order valence-electron chi connectivity index (χ1n) is 7.91. The molecule has 0 radical (unpaired) electrons. The van der Waals surface area contributed by atoms with E-state index in [-0.39, 0.29) is 0 Å². The van der Waals surface area contributed by atoms with Gasteiger partial charge in [-0.15, -0.1) is 0 Å². The molecular formula is C15H28O5. The van der Waals surface area contributed by atoms with Gasteiger partial charge in [-0.05, 0) is 32.1 Å². The topological polar surface area (TPSA) is 52.8 Å². The van der Waals surface area contributed by atoms with E-state index in [0.717, 1.165) is 71.7 Å². The van der Waals surface area contributed by atoms with E-state index in [9.17, 15) is 0 Å². The van der Waals surface area contributed by atoms with Crippen molar-refractivity contribution in [3.8, 4) is 0 Å². The predicted molar refractivity (Wildman–Crippen MR) is 75.0 cm³/mol. The SMILES string of the molecule is C(COCCCC1CO1)COCCOCCCC1CO1. The van der Waals surface area contributed by atoms with Crippen molar-refractivity contribution in [3.05, 3.63) is 0 Å². The lowest BCUT2D eigenvalue weighted by molar-refractivity contribution is 0.0339. The third-order valence-electron chi connectivity index (χ3n) is 3.38. The van der Waals surface area contributed by atoms with Crippen molar-refractivity contribution >= 4 is 0 Å². The fraction of sp³-hybridized carbons (Fsp3) is 1.00. The summed E-state index contributed by atoms with van der Waals surface area (Å²) >= 11 is 0. The molecule has 0 bridgehead atoms. The van der Waals surface area contributed by atoms with Gasteiger partial charge in [-0.25, -0.2) is 0 Å². The summed E-state index contributed by atoms with van der Waals surface area (Å²) < 4.78 is 26.7. The van der Waals surface area contributed by atoms with Crippen molar-refractivity contribution in [3.63, 3.8) is 0 Å². The molecule has 2 aliphatic heterocycles. The second-order valence-electron chi connectivity index (χ2n) is 5.39. The molecule has 2 atom stereocenters. The van der Waals surface area contributed by atoms with E-state index in [4.69, 9.17) is 23.7 Å². The van der Waals surface area contributed by atoms with E-state index in [1.165, 1.54) is 0 Å². The molecule has 0 spiro atoms. The lowest BCUT2D eigenvalue weighted by Gasteiger charge is -2.06. The Hall–Kier alpha value is -0.200. The highest BCUT2D eigenvalue weighted by Crippen LogP contribution is 2.15. The highest BCUT2D eigenvalue weighted by Gasteiger charge is 2.21. The molecule has 2 aliphatic rings. The van der Waals surface area contributed by atoms with Crippen LogP contribution in [0.4, 0.5) is 0 Å². The van der Waals surface area contributed by atoms with Gasteiger partial charge in [0.05, 0.1) is 38.6 Å². The van der Waals surface area contributed by atoms with Gasteiger partial charge in [-0.2, -0.15) is 0 Å². The molecule has 2 heterocycles. The van der Waals surface area contributed by atoms with Crippen LogP contribution in [0.15, 0.2) is 0 Å². The first-order valence-corrected chi connectivity index (χ1v) is 7.91. The van der Waals surface area contributed by atoms with Crippen LogP contribution in [0.1, 0.15) is 32.1 Å². The average molecular weight is 288 g/mol. The molecular weight excluding hydrogens is 260 g/mol. The Balaban J connectivity index is 1.17. The monoisotopic (exact) mass is 288 g/mol. The molecule has 5 nitrogen and oxygen atoms in total. The van der Waals surface area contributed by atoms with Crippen LogP contribution in [0.3, 0.4) is 0 Å². The molecule has 2 unspecified atom stereocenters. The molecule has 2 saturated heterocycles. The second kappa shape index (κ2) is 10.5. The molecule has 0 aromatic carbocycles. The van der Waals surface area contributed by atoms with E-state index in [0.29, 0.717) is 25.4 Å². The Morgan fingerprint density at radius 1 is 0.600 bits per heavy atom. The number of epoxide rings is 2. The van der Waals surface area contributed by atoms with Gasteiger partial charge < -0.3 is 23.7 Å². The number of rotatable bonds is 15. The van der Waals surface area contributed by atoms with Crippen molar-refractivity contribution in [1.29, 1.82) is 0 Å². The van der Waals surface area contributed by atoms with Crippen LogP contribution in [-0.4, -0.2) is 65.1 Å². The van der Waals surface area contributed by atoms with Crippen molar-refractivity contribution in [2.75, 3.05) is 52.9 Å². The van der Waals surface area contributed by atoms with Crippen molar-refractivity contribution in [2.24, 2.45) is 0 Å². The molecule has 0 saturated carbocycles. The van der Waals surface area contributed by atoms with E-state index < -0.39 is 0 Å². The third kappa shape index (κ3) is 9.66. The van der Waals surface area contributed by atoms with Crippen LogP contribution in [0.5, 0.6) is 0 Å². The quantitative estimate of drug-likeness (QED) is 0.340. The van der Waals surface area contributed by atoms with Crippen LogP contribution in [0.25, 0.3) is 0 Å². The minimum Gasteiger partial charge on any atom is -0.381 e. The van der Waals surface area contributed by atoms with Crippen LogP contribution in [-0.2, 0) is 23.7 Å². The van der Waals surface area contributed by atoms with Crippen molar-refractivity contribution < 1.29 is 23.7 Å². The van der Waals surface area contributed by atoms with Crippen LogP contribution >= 0.6 is 0 Å². The summed E-state index contributed by atoms with van der Waals surface area (Å²) in [7, 11) is 0. The van der Waals surface area contributed by atoms with Gasteiger partial charge in [0, 0.05) is 26.4 Å². The zero-order valence-corrected chi connectivity index (χ0v) is 12.4. The Kier molecular flexibility index (Phi) is 8.50. The highest BCUT2D eigenvalue weighted by atomic mass is 16.6. The normalized spacial score (nSPS) is 24.0. The lowest BCUT2D eigenvalue weighted by Crippen LogP contribution is -2.08. The van der Waals surface area contributed by atoms with E-state index in [1.807, 2.05) is 0 Å². The molecule has 2 rings (SSSR count). The average Bonchev–Trinajstić information content (AvgIpc) is 3.34. The Morgan fingerprint density at radius 3 is 1.45 bits per heavy atom. The Morgan fingerprint density at radius 2 is 1.00 bits per heavy atom. The van der Waals surface area contributed by atoms with Crippen molar-refractivity contribution in [2.45, 2.75) is 44.3 Å². The summed E-state index contributed by atoms with van der Waals surface area (Å²) in [5.74, 6) is 0. The summed E-state index contributed by atoms with van der Waals surface area (Å²) in [6.45, 7) is 6.46. The van der Waals surface area contributed by atoms with Gasteiger partial charge in [-0.3, -0.25) is 0 Å². The molecule has 0 aliphatic carbocycles. The van der Waals surface area contributed by atoms with Gasteiger partial charge >= 0.3 is 0 Å². The molecule has 0 aromatic rings. The van der Waals surface area contributed by atoms with E-state index in [1.54, 1.807) is 0 Å². The summed E-state index contributed by atoms with van der Waals surface area (Å²) in [4.78, 5) is 0. The van der Waals surface area contributed by atoms with Crippen LogP contribution in [0, 0.1) is 0 Å². The van der Waals surface area contributed by atoms with Gasteiger partial charge in [0.2, 0.25) is 0 Å². The number of hydrogen-bond acceptors (Lipinski definition) is 5. The smallest absolute Gasteiger partial charge is 0.0810 e. The Labute approximate surface area is 121 Å². The maximum absolute atomic E-state index is 5.52. The third-order valence-corrected chi connectivity index (χ3v) is 3.38. The minimum atomic E-state index is 0.520. The fourth-order valence-electron chi connectivity index (χ4n) is 1.98. The predicted octanol–water partition coefficient (Wildman–Crippen LogP) is 1.78. The number of hydrogen-bond donors (Lipinski definition) is 0. The first kappa shape index (κ1) is 16.2. The zero-order chi connectivity index (χ0) is 13.9. The molecule has 0 aromatic heterocycles. The van der Waals surface area contributed by atoms with Gasteiger partial charge in [0.1, 0.15) is 0 Å². The minimum absolute atomic E-state index is 0.520. The van der Waals surface area contributed by atoms with Gasteiger partial charge in [-0.1, -0.05) is 0 Å². The summed E-state index contributed by atoms with van der Waals surface area (Å²) in [6.07, 6.45) is 6.46. The molecule has 2 fully saturated rings. The van der Waals surface area contributed by atoms with Gasteiger partial charge in [0.25, 0.3) is 0 Å². The van der Waals surface area contributed by atoms with Crippen molar-refractivity contribution in [1.82, 2.24) is 0 Å². The second-order valence-corrected chi connectivity index (χ2v) is 5.39. The fourth-order valence-corrected chi connectivity index (χ4v) is 1.98. The standard InChI is InChI=1S/C15H28O5/c1(4-14-12-19-14)6-16-8-3-9-18-11-10-17-7-2-5-15-13-20-15/h14-15H,1-13H2. The lowest BCUT2D eigenvalue weighted by atomic mass is 10.3. The first-order chi connectivity index (χ1) is 9.95. The molecule has 5 heteroatoms. The Bertz CT molecular complexity index is 204. The zero-order valence-electron chi connectivity index (χ0n) is 12.4. The molecule has 0 N–H and O–H groups in total. The van der Waals surface area contributed by atoms with E-state index >= 15 is 0 Å². The largest absolute Gasteiger partial charge is 0.381 e. The summed E-state index contributed by atoms with van der Waals surface area (Å²) in [5, 5.41) is 0. The van der Waals surface area contributed by atoms with Crippen LogP contribution < -0.4 is 0 Å². The molecule has 20 heavy (non-hydrogen) atoms. The van der Waals surface area contributed by atoms with Gasteiger partial charge in [0.15, 0.2) is 0 Å². The molecule has 0 amide bonds. The highest BCUT2D eigenvalue weighted by molar-refractivity contribution is 4.68. The van der Waals surface area contributed by atoms with Crippen LogP contribution in [0.2, 0.25) is 0 Å². The number of ether oxygens (including phenoxy) is 5. The summed E-state index contributed by atoms with van der Waals surface area (Å²) in [6, 6.07) is 0. The maximum atomic E-state index is 5.52. The van der Waals surface area contributed by atoms with E-state index in [2.05, 4.69) is 0 Å². The molecule has 118 valence electrons. The maximum Gasteiger partial charge on any atom is 0.0810 e.